The van der Waals surface area contributed by atoms with Crippen LogP contribution in [0, 0.1) is 11.6 Å². The number of hydrogen-bond donors (Lipinski definition) is 2. The monoisotopic (exact) mass is 341 g/mol. The first-order valence-electron chi connectivity index (χ1n) is 7.35. The van der Waals surface area contributed by atoms with Crippen LogP contribution in [-0.2, 0) is 6.54 Å². The minimum absolute atomic E-state index is 0.0133. The van der Waals surface area contributed by atoms with Crippen molar-refractivity contribution in [2.75, 3.05) is 10.6 Å². The van der Waals surface area contributed by atoms with E-state index >= 15 is 0 Å². The summed E-state index contributed by atoms with van der Waals surface area (Å²) in [6.45, 7) is 0.553. The Morgan fingerprint density at radius 1 is 0.920 bits per heavy atom. The number of carbonyl (C=O) groups excluding carboxylic acids is 1. The molecule has 1 aromatic carbocycles. The summed E-state index contributed by atoms with van der Waals surface area (Å²) in [5.74, 6) is -1.98. The lowest BCUT2D eigenvalue weighted by Gasteiger charge is -2.07. The molecule has 0 unspecified atom stereocenters. The summed E-state index contributed by atoms with van der Waals surface area (Å²) < 4.78 is 26.1. The van der Waals surface area contributed by atoms with E-state index in [0.717, 1.165) is 17.7 Å². The number of aromatic nitrogens is 3. The van der Waals surface area contributed by atoms with Gasteiger partial charge in [-0.05, 0) is 48.0 Å². The summed E-state index contributed by atoms with van der Waals surface area (Å²) in [4.78, 5) is 15.9. The van der Waals surface area contributed by atoms with Crippen molar-refractivity contribution in [1.82, 2.24) is 15.2 Å². The van der Waals surface area contributed by atoms with Crippen molar-refractivity contribution in [3.05, 3.63) is 77.6 Å². The molecular weight excluding hydrogens is 328 g/mol. The van der Waals surface area contributed by atoms with Gasteiger partial charge in [0.05, 0.1) is 0 Å². The molecule has 0 aliphatic heterocycles. The number of nitrogens with zero attached hydrogens (tertiary/aromatic N) is 3. The maximum absolute atomic E-state index is 13.2. The standard InChI is InChI=1S/C17H13F2N5O/c18-13-2-1-12(9-14(13)19)17(25)22-16-4-3-15(23-24-16)21-10-11-5-7-20-8-6-11/h1-9H,10H2,(H,21,23)(H,22,24,25). The Hall–Kier alpha value is -3.42. The predicted molar refractivity (Wildman–Crippen MR) is 87.9 cm³/mol. The third kappa shape index (κ3) is 4.31. The van der Waals surface area contributed by atoms with E-state index in [2.05, 4.69) is 25.8 Å². The Labute approximate surface area is 141 Å². The molecule has 2 heterocycles. The van der Waals surface area contributed by atoms with Crippen molar-refractivity contribution in [3.8, 4) is 0 Å². The highest BCUT2D eigenvalue weighted by Crippen LogP contribution is 2.12. The van der Waals surface area contributed by atoms with Crippen LogP contribution in [0.3, 0.4) is 0 Å². The average molecular weight is 341 g/mol. The van der Waals surface area contributed by atoms with Crippen molar-refractivity contribution >= 4 is 17.5 Å². The van der Waals surface area contributed by atoms with E-state index in [1.54, 1.807) is 24.5 Å². The summed E-state index contributed by atoms with van der Waals surface area (Å²) in [5, 5.41) is 13.4. The summed E-state index contributed by atoms with van der Waals surface area (Å²) in [6, 6.07) is 9.85. The number of hydrogen-bond acceptors (Lipinski definition) is 5. The molecule has 0 saturated heterocycles. The SMILES string of the molecule is O=C(Nc1ccc(NCc2ccncc2)nn1)c1ccc(F)c(F)c1. The van der Waals surface area contributed by atoms with Gasteiger partial charge in [0.25, 0.3) is 5.91 Å². The predicted octanol–water partition coefficient (Wildman–Crippen LogP) is 3.01. The van der Waals surface area contributed by atoms with Gasteiger partial charge in [-0.2, -0.15) is 0 Å². The van der Waals surface area contributed by atoms with Gasteiger partial charge in [-0.1, -0.05) is 0 Å². The molecule has 2 N–H and O–H groups in total. The third-order valence-electron chi connectivity index (χ3n) is 3.31. The molecule has 0 aliphatic rings. The molecule has 8 heteroatoms. The molecule has 3 aromatic rings. The molecule has 126 valence electrons. The van der Waals surface area contributed by atoms with Crippen molar-refractivity contribution < 1.29 is 13.6 Å². The molecule has 0 atom stereocenters. The number of pyridine rings is 1. The molecule has 2 aromatic heterocycles. The molecule has 0 radical (unpaired) electrons. The number of nitrogens with one attached hydrogen (secondary N) is 2. The van der Waals surface area contributed by atoms with Gasteiger partial charge in [0, 0.05) is 24.5 Å². The Kier molecular flexibility index (Phi) is 4.89. The average Bonchev–Trinajstić information content (AvgIpc) is 2.64. The molecule has 0 fully saturated rings. The van der Waals surface area contributed by atoms with Crippen molar-refractivity contribution in [2.24, 2.45) is 0 Å². The topological polar surface area (TPSA) is 79.8 Å². The fraction of sp³-hybridized carbons (Fsp3) is 0.0588. The lowest BCUT2D eigenvalue weighted by molar-refractivity contribution is 0.102. The Balaban J connectivity index is 1.60. The van der Waals surface area contributed by atoms with Crippen LogP contribution in [0.25, 0.3) is 0 Å². The highest BCUT2D eigenvalue weighted by molar-refractivity contribution is 6.03. The Bertz CT molecular complexity index is 872. The third-order valence-corrected chi connectivity index (χ3v) is 3.31. The van der Waals surface area contributed by atoms with E-state index < -0.39 is 17.5 Å². The molecule has 3 rings (SSSR count). The van der Waals surface area contributed by atoms with Gasteiger partial charge in [-0.25, -0.2) is 8.78 Å². The quantitative estimate of drug-likeness (QED) is 0.746. The number of benzene rings is 1. The van der Waals surface area contributed by atoms with Crippen LogP contribution in [0.5, 0.6) is 0 Å². The minimum Gasteiger partial charge on any atom is -0.365 e. The lowest BCUT2D eigenvalue weighted by Crippen LogP contribution is -2.14. The van der Waals surface area contributed by atoms with Crippen LogP contribution in [0.4, 0.5) is 20.4 Å². The number of carbonyl (C=O) groups is 1. The first-order valence-corrected chi connectivity index (χ1v) is 7.35. The second kappa shape index (κ2) is 7.43. The zero-order valence-electron chi connectivity index (χ0n) is 12.9. The second-order valence-corrected chi connectivity index (χ2v) is 5.10. The first kappa shape index (κ1) is 16.4. The Morgan fingerprint density at radius 2 is 1.64 bits per heavy atom. The van der Waals surface area contributed by atoms with E-state index in [1.165, 1.54) is 6.07 Å². The fourth-order valence-electron chi connectivity index (χ4n) is 2.01. The molecule has 0 bridgehead atoms. The van der Waals surface area contributed by atoms with Gasteiger partial charge in [-0.3, -0.25) is 9.78 Å². The van der Waals surface area contributed by atoms with Gasteiger partial charge in [0.2, 0.25) is 0 Å². The van der Waals surface area contributed by atoms with Gasteiger partial charge in [-0.15, -0.1) is 10.2 Å². The maximum Gasteiger partial charge on any atom is 0.256 e. The van der Waals surface area contributed by atoms with Crippen LogP contribution >= 0.6 is 0 Å². The van der Waals surface area contributed by atoms with Gasteiger partial charge in [0.1, 0.15) is 5.82 Å². The van der Waals surface area contributed by atoms with Crippen LogP contribution < -0.4 is 10.6 Å². The number of amides is 1. The van der Waals surface area contributed by atoms with Crippen molar-refractivity contribution in [1.29, 1.82) is 0 Å². The van der Waals surface area contributed by atoms with Crippen LogP contribution in [0.2, 0.25) is 0 Å². The molecule has 25 heavy (non-hydrogen) atoms. The zero-order valence-corrected chi connectivity index (χ0v) is 12.9. The smallest absolute Gasteiger partial charge is 0.256 e. The summed E-state index contributed by atoms with van der Waals surface area (Å²) in [6.07, 6.45) is 3.39. The zero-order chi connectivity index (χ0) is 17.6. The molecule has 6 nitrogen and oxygen atoms in total. The van der Waals surface area contributed by atoms with E-state index in [9.17, 15) is 13.6 Å². The molecule has 0 spiro atoms. The second-order valence-electron chi connectivity index (χ2n) is 5.10. The summed E-state index contributed by atoms with van der Waals surface area (Å²) >= 11 is 0. The van der Waals surface area contributed by atoms with E-state index in [-0.39, 0.29) is 11.4 Å². The number of halogens is 2. The van der Waals surface area contributed by atoms with Gasteiger partial charge >= 0.3 is 0 Å². The van der Waals surface area contributed by atoms with Gasteiger partial charge in [0.15, 0.2) is 17.5 Å². The number of rotatable bonds is 5. The van der Waals surface area contributed by atoms with Crippen molar-refractivity contribution in [3.63, 3.8) is 0 Å². The minimum atomic E-state index is -1.09. The van der Waals surface area contributed by atoms with Gasteiger partial charge < -0.3 is 10.6 Å². The Morgan fingerprint density at radius 3 is 2.32 bits per heavy atom. The van der Waals surface area contributed by atoms with E-state index in [4.69, 9.17) is 0 Å². The van der Waals surface area contributed by atoms with Crippen LogP contribution in [0.15, 0.2) is 54.9 Å². The molecular formula is C17H13F2N5O. The van der Waals surface area contributed by atoms with E-state index in [0.29, 0.717) is 12.4 Å². The van der Waals surface area contributed by atoms with Crippen LogP contribution in [0.1, 0.15) is 15.9 Å². The molecule has 0 saturated carbocycles. The number of anilines is 2. The highest BCUT2D eigenvalue weighted by atomic mass is 19.2. The first-order chi connectivity index (χ1) is 12.1. The van der Waals surface area contributed by atoms with Crippen molar-refractivity contribution in [2.45, 2.75) is 6.54 Å². The lowest BCUT2D eigenvalue weighted by atomic mass is 10.2. The summed E-state index contributed by atoms with van der Waals surface area (Å²) in [5.41, 5.74) is 1.02. The molecule has 1 amide bonds. The van der Waals surface area contributed by atoms with E-state index in [1.807, 2.05) is 12.1 Å². The fourth-order valence-corrected chi connectivity index (χ4v) is 2.01. The maximum atomic E-state index is 13.2. The highest BCUT2D eigenvalue weighted by Gasteiger charge is 2.10. The summed E-state index contributed by atoms with van der Waals surface area (Å²) in [7, 11) is 0. The largest absolute Gasteiger partial charge is 0.365 e. The normalized spacial score (nSPS) is 10.3. The molecule has 0 aliphatic carbocycles. The van der Waals surface area contributed by atoms with Crippen LogP contribution in [-0.4, -0.2) is 21.1 Å².